The Bertz CT molecular complexity index is 2950. The standard InChI is InChI=1S/C53H36/c1-32(2)33-27-28-48-49(29-33)53(46-25-13-9-21-40(46)41-22-10-14-26-47(41)53)51-31-43-37-18-6-4-16-35(37)34-15-3-5-17-36(34)42(43)30-50(51)52(48)44-23-11-7-19-38(44)39-20-8-12-24-45(39)52/h3-32H,1-2H3. The SMILES string of the molecule is CC(C)c1ccc2c(c1)C1(c3ccccc3-c3ccccc31)c1cc3c4ccccc4c4ccccc4c3cc1C21c2ccccc2-c2ccccc21. The van der Waals surface area contributed by atoms with E-state index in [0.717, 1.165) is 0 Å². The Morgan fingerprint density at radius 1 is 0.283 bits per heavy atom. The zero-order valence-electron chi connectivity index (χ0n) is 29.8. The molecule has 248 valence electrons. The van der Waals surface area contributed by atoms with Crippen molar-refractivity contribution < 1.29 is 0 Å². The summed E-state index contributed by atoms with van der Waals surface area (Å²) >= 11 is 0. The molecular weight excluding hydrogens is 637 g/mol. The highest BCUT2D eigenvalue weighted by molar-refractivity contribution is 6.26. The van der Waals surface area contributed by atoms with E-state index in [1.54, 1.807) is 0 Å². The van der Waals surface area contributed by atoms with Crippen molar-refractivity contribution in [3.8, 4) is 22.3 Å². The maximum Gasteiger partial charge on any atom is 0.0720 e. The molecule has 0 nitrogen and oxygen atoms in total. The minimum Gasteiger partial charge on any atom is -0.0619 e. The van der Waals surface area contributed by atoms with Crippen LogP contribution in [0.3, 0.4) is 0 Å². The van der Waals surface area contributed by atoms with Gasteiger partial charge in [-0.25, -0.2) is 0 Å². The van der Waals surface area contributed by atoms with Crippen molar-refractivity contribution in [3.63, 3.8) is 0 Å². The molecule has 0 saturated carbocycles. The van der Waals surface area contributed by atoms with E-state index in [-0.39, 0.29) is 0 Å². The van der Waals surface area contributed by atoms with Crippen LogP contribution >= 0.6 is 0 Å². The fourth-order valence-corrected chi connectivity index (χ4v) is 11.1. The lowest BCUT2D eigenvalue weighted by atomic mass is 9.52. The van der Waals surface area contributed by atoms with Crippen molar-refractivity contribution in [2.45, 2.75) is 30.6 Å². The lowest BCUT2D eigenvalue weighted by Crippen LogP contribution is -2.44. The molecule has 9 aromatic carbocycles. The molecule has 0 N–H and O–H groups in total. The van der Waals surface area contributed by atoms with E-state index in [4.69, 9.17) is 0 Å². The third kappa shape index (κ3) is 3.39. The Morgan fingerprint density at radius 2 is 0.604 bits per heavy atom. The first-order chi connectivity index (χ1) is 26.1. The molecule has 3 aliphatic rings. The highest BCUT2D eigenvalue weighted by atomic mass is 14.6. The summed E-state index contributed by atoms with van der Waals surface area (Å²) in [7, 11) is 0. The van der Waals surface area contributed by atoms with E-state index in [2.05, 4.69) is 190 Å². The van der Waals surface area contributed by atoms with Crippen molar-refractivity contribution in [1.82, 2.24) is 0 Å². The van der Waals surface area contributed by atoms with Crippen LogP contribution in [-0.4, -0.2) is 0 Å². The molecule has 0 heteroatoms. The Balaban J connectivity index is 1.39. The molecule has 0 amide bonds. The van der Waals surface area contributed by atoms with Gasteiger partial charge in [0, 0.05) is 0 Å². The molecule has 0 fully saturated rings. The van der Waals surface area contributed by atoms with Crippen LogP contribution in [0.2, 0.25) is 0 Å². The number of hydrogen-bond donors (Lipinski definition) is 0. The van der Waals surface area contributed by atoms with Crippen LogP contribution in [-0.2, 0) is 10.8 Å². The lowest BCUT2D eigenvalue weighted by molar-refractivity contribution is 0.631. The monoisotopic (exact) mass is 672 g/mol. The fourth-order valence-electron chi connectivity index (χ4n) is 11.1. The molecule has 0 aromatic heterocycles. The predicted molar refractivity (Wildman–Crippen MR) is 221 cm³/mol. The van der Waals surface area contributed by atoms with Gasteiger partial charge in [0.2, 0.25) is 0 Å². The van der Waals surface area contributed by atoms with Gasteiger partial charge in [0.05, 0.1) is 10.8 Å². The third-order valence-corrected chi connectivity index (χ3v) is 13.1. The quantitative estimate of drug-likeness (QED) is 0.152. The van der Waals surface area contributed by atoms with Gasteiger partial charge in [-0.15, -0.1) is 0 Å². The van der Waals surface area contributed by atoms with Gasteiger partial charge in [-0.3, -0.25) is 0 Å². The van der Waals surface area contributed by atoms with Crippen LogP contribution in [0.1, 0.15) is 69.8 Å². The number of benzene rings is 9. The zero-order chi connectivity index (χ0) is 35.1. The van der Waals surface area contributed by atoms with Crippen LogP contribution in [0.25, 0.3) is 54.6 Å². The van der Waals surface area contributed by atoms with E-state index in [1.165, 1.54) is 105 Å². The second-order valence-electron chi connectivity index (χ2n) is 15.7. The van der Waals surface area contributed by atoms with Crippen LogP contribution < -0.4 is 0 Å². The molecule has 12 rings (SSSR count). The number of fused-ring (bicyclic) bond motifs is 22. The third-order valence-electron chi connectivity index (χ3n) is 13.1. The van der Waals surface area contributed by atoms with E-state index in [1.807, 2.05) is 0 Å². The highest BCUT2D eigenvalue weighted by Crippen LogP contribution is 2.68. The normalized spacial score (nSPS) is 15.1. The molecule has 53 heavy (non-hydrogen) atoms. The summed E-state index contributed by atoms with van der Waals surface area (Å²) < 4.78 is 0. The molecule has 0 heterocycles. The predicted octanol–water partition coefficient (Wildman–Crippen LogP) is 13.3. The van der Waals surface area contributed by atoms with Crippen molar-refractivity contribution in [3.05, 3.63) is 226 Å². The summed E-state index contributed by atoms with van der Waals surface area (Å²) in [4.78, 5) is 0. The molecular formula is C53H36. The van der Waals surface area contributed by atoms with Crippen molar-refractivity contribution in [2.24, 2.45) is 0 Å². The minimum atomic E-state index is -0.512. The molecule has 0 atom stereocenters. The zero-order valence-corrected chi connectivity index (χ0v) is 29.8. The van der Waals surface area contributed by atoms with Crippen LogP contribution in [0, 0.1) is 0 Å². The second kappa shape index (κ2) is 10.2. The number of rotatable bonds is 1. The van der Waals surface area contributed by atoms with Gasteiger partial charge in [0.15, 0.2) is 0 Å². The summed E-state index contributed by atoms with van der Waals surface area (Å²) in [6.45, 7) is 4.67. The van der Waals surface area contributed by atoms with Crippen LogP contribution in [0.4, 0.5) is 0 Å². The van der Waals surface area contributed by atoms with E-state index in [0.29, 0.717) is 5.92 Å². The summed E-state index contributed by atoms with van der Waals surface area (Å²) in [6, 6.07) is 67.8. The Morgan fingerprint density at radius 3 is 1.00 bits per heavy atom. The molecule has 0 saturated heterocycles. The van der Waals surface area contributed by atoms with E-state index < -0.39 is 10.8 Å². The Hall–Kier alpha value is -6.24. The molecule has 0 bridgehead atoms. The summed E-state index contributed by atoms with van der Waals surface area (Å²) in [5.41, 5.74) is 16.8. The average Bonchev–Trinajstić information content (AvgIpc) is 3.68. The molecule has 2 spiro atoms. The molecule has 3 aliphatic carbocycles. The first-order valence-electron chi connectivity index (χ1n) is 19.1. The first-order valence-corrected chi connectivity index (χ1v) is 19.1. The van der Waals surface area contributed by atoms with E-state index in [9.17, 15) is 0 Å². The van der Waals surface area contributed by atoms with Gasteiger partial charge in [-0.1, -0.05) is 178 Å². The molecule has 0 unspecified atom stereocenters. The van der Waals surface area contributed by atoms with Gasteiger partial charge < -0.3 is 0 Å². The van der Waals surface area contributed by atoms with E-state index >= 15 is 0 Å². The molecule has 9 aromatic rings. The Kier molecular flexibility index (Phi) is 5.65. The summed E-state index contributed by atoms with van der Waals surface area (Å²) in [5.74, 6) is 0.386. The molecule has 0 aliphatic heterocycles. The summed E-state index contributed by atoms with van der Waals surface area (Å²) in [6.07, 6.45) is 0. The molecule has 0 radical (unpaired) electrons. The highest BCUT2D eigenvalue weighted by Gasteiger charge is 2.59. The average molecular weight is 673 g/mol. The smallest absolute Gasteiger partial charge is 0.0619 e. The maximum atomic E-state index is 2.63. The van der Waals surface area contributed by atoms with Gasteiger partial charge in [0.1, 0.15) is 0 Å². The van der Waals surface area contributed by atoms with Crippen molar-refractivity contribution in [1.29, 1.82) is 0 Å². The summed E-state index contributed by atoms with van der Waals surface area (Å²) in [5, 5.41) is 7.86. The van der Waals surface area contributed by atoms with Crippen molar-refractivity contribution in [2.75, 3.05) is 0 Å². The maximum absolute atomic E-state index is 2.63. The van der Waals surface area contributed by atoms with Crippen LogP contribution in [0.5, 0.6) is 0 Å². The van der Waals surface area contributed by atoms with Gasteiger partial charge in [-0.05, 0) is 123 Å². The van der Waals surface area contributed by atoms with Gasteiger partial charge in [0.25, 0.3) is 0 Å². The second-order valence-corrected chi connectivity index (χ2v) is 15.7. The first kappa shape index (κ1) is 29.3. The largest absolute Gasteiger partial charge is 0.0720 e. The van der Waals surface area contributed by atoms with Gasteiger partial charge in [-0.2, -0.15) is 0 Å². The number of hydrogen-bond acceptors (Lipinski definition) is 0. The van der Waals surface area contributed by atoms with Crippen molar-refractivity contribution >= 4 is 32.3 Å². The topological polar surface area (TPSA) is 0 Å². The Labute approximate surface area is 310 Å². The van der Waals surface area contributed by atoms with Crippen LogP contribution in [0.15, 0.2) is 176 Å². The fraction of sp³-hybridized carbons (Fsp3) is 0.0943. The van der Waals surface area contributed by atoms with Gasteiger partial charge >= 0.3 is 0 Å². The lowest BCUT2D eigenvalue weighted by Gasteiger charge is -2.49. The minimum absolute atomic E-state index is 0.386.